The van der Waals surface area contributed by atoms with Crippen molar-refractivity contribution in [3.63, 3.8) is 0 Å². The molecular weight excluding hydrogens is 254 g/mol. The molecule has 1 amide bonds. The minimum atomic E-state index is -0.314. The summed E-state index contributed by atoms with van der Waals surface area (Å²) in [6, 6.07) is 11.0. The average Bonchev–Trinajstić information content (AvgIpc) is 2.90. The van der Waals surface area contributed by atoms with E-state index in [9.17, 15) is 4.79 Å². The summed E-state index contributed by atoms with van der Waals surface area (Å²) in [5.41, 5.74) is 4.65. The van der Waals surface area contributed by atoms with E-state index in [2.05, 4.69) is 25.5 Å². The van der Waals surface area contributed by atoms with Gasteiger partial charge in [0.25, 0.3) is 5.91 Å². The molecule has 0 aliphatic heterocycles. The number of hydrogen-bond acceptors (Lipinski definition) is 4. The van der Waals surface area contributed by atoms with E-state index in [1.807, 2.05) is 24.3 Å². The van der Waals surface area contributed by atoms with Crippen LogP contribution in [0.3, 0.4) is 0 Å². The molecule has 3 aromatic rings. The Bertz CT molecular complexity index is 730. The van der Waals surface area contributed by atoms with Gasteiger partial charge in [0.2, 0.25) is 0 Å². The second-order valence-electron chi connectivity index (χ2n) is 4.08. The summed E-state index contributed by atoms with van der Waals surface area (Å²) in [5, 5.41) is 3.87. The number of aromatic nitrogens is 3. The Morgan fingerprint density at radius 1 is 1.25 bits per heavy atom. The van der Waals surface area contributed by atoms with Gasteiger partial charge in [0.15, 0.2) is 5.82 Å². The lowest BCUT2D eigenvalue weighted by molar-refractivity contribution is 0.0955. The summed E-state index contributed by atoms with van der Waals surface area (Å²) in [6.07, 6.45) is 4.55. The quantitative estimate of drug-likeness (QED) is 0.558. The Hall–Kier alpha value is -3.02. The zero-order chi connectivity index (χ0) is 13.8. The smallest absolute Gasteiger partial charge is 0.272 e. The molecule has 6 nitrogen and oxygen atoms in total. The molecule has 0 unspecified atom stereocenters. The van der Waals surface area contributed by atoms with Crippen LogP contribution in [-0.2, 0) is 0 Å². The van der Waals surface area contributed by atoms with E-state index in [0.29, 0.717) is 11.4 Å². The van der Waals surface area contributed by atoms with Gasteiger partial charge in [-0.25, -0.2) is 10.4 Å². The second kappa shape index (κ2) is 5.31. The minimum Gasteiger partial charge on any atom is -0.337 e. The van der Waals surface area contributed by atoms with E-state index >= 15 is 0 Å². The topological polar surface area (TPSA) is 83.0 Å². The predicted molar refractivity (Wildman–Crippen MR) is 75.4 cm³/mol. The number of rotatable bonds is 3. The van der Waals surface area contributed by atoms with Crippen molar-refractivity contribution in [1.29, 1.82) is 0 Å². The number of pyridine rings is 1. The molecule has 1 aromatic carbocycles. The molecule has 20 heavy (non-hydrogen) atoms. The second-order valence-corrected chi connectivity index (χ2v) is 4.08. The summed E-state index contributed by atoms with van der Waals surface area (Å²) in [4.78, 5) is 23.0. The number of para-hydroxylation sites is 2. The van der Waals surface area contributed by atoms with E-state index < -0.39 is 0 Å². The van der Waals surface area contributed by atoms with Crippen molar-refractivity contribution in [1.82, 2.24) is 20.4 Å². The molecule has 0 fully saturated rings. The Balaban J connectivity index is 1.70. The number of H-pyrrole nitrogens is 1. The maximum Gasteiger partial charge on any atom is 0.272 e. The lowest BCUT2D eigenvalue weighted by Gasteiger charge is -1.97. The highest BCUT2D eigenvalue weighted by atomic mass is 16.2. The van der Waals surface area contributed by atoms with Gasteiger partial charge in [0.05, 0.1) is 22.8 Å². The molecule has 2 aromatic heterocycles. The summed E-state index contributed by atoms with van der Waals surface area (Å²) in [5.74, 6) is 0.267. The first-order valence-electron chi connectivity index (χ1n) is 6.01. The third-order valence-corrected chi connectivity index (χ3v) is 2.68. The van der Waals surface area contributed by atoms with Gasteiger partial charge in [-0.05, 0) is 24.3 Å². The van der Waals surface area contributed by atoms with Gasteiger partial charge in [-0.15, -0.1) is 0 Å². The van der Waals surface area contributed by atoms with Crippen molar-refractivity contribution in [2.24, 2.45) is 5.10 Å². The summed E-state index contributed by atoms with van der Waals surface area (Å²) in [7, 11) is 0. The first-order chi connectivity index (χ1) is 9.83. The van der Waals surface area contributed by atoms with Crippen molar-refractivity contribution in [2.75, 3.05) is 0 Å². The van der Waals surface area contributed by atoms with Gasteiger partial charge >= 0.3 is 0 Å². The Labute approximate surface area is 114 Å². The van der Waals surface area contributed by atoms with Crippen LogP contribution in [0.5, 0.6) is 0 Å². The average molecular weight is 265 g/mol. The number of nitrogens with zero attached hydrogens (tertiary/aromatic N) is 3. The number of carbonyl (C=O) groups is 1. The molecule has 0 saturated heterocycles. The van der Waals surface area contributed by atoms with Gasteiger partial charge in [-0.1, -0.05) is 12.1 Å². The highest BCUT2D eigenvalue weighted by Crippen LogP contribution is 2.08. The van der Waals surface area contributed by atoms with Crippen molar-refractivity contribution in [3.8, 4) is 0 Å². The van der Waals surface area contributed by atoms with E-state index in [4.69, 9.17) is 0 Å². The molecule has 0 bridgehead atoms. The fourth-order valence-corrected chi connectivity index (χ4v) is 1.75. The molecule has 0 radical (unpaired) electrons. The van der Waals surface area contributed by atoms with Crippen LogP contribution in [-0.4, -0.2) is 27.1 Å². The normalized spacial score (nSPS) is 11.0. The molecule has 0 saturated carbocycles. The number of nitrogens with one attached hydrogen (secondary N) is 2. The molecule has 0 aliphatic carbocycles. The van der Waals surface area contributed by atoms with Crippen molar-refractivity contribution in [3.05, 3.63) is 60.2 Å². The van der Waals surface area contributed by atoms with Crippen molar-refractivity contribution in [2.45, 2.75) is 0 Å². The third kappa shape index (κ3) is 2.54. The highest BCUT2D eigenvalue weighted by molar-refractivity contribution is 5.94. The maximum atomic E-state index is 11.7. The number of amides is 1. The Morgan fingerprint density at radius 3 is 2.95 bits per heavy atom. The van der Waals surface area contributed by atoms with E-state index in [1.54, 1.807) is 18.3 Å². The van der Waals surface area contributed by atoms with Crippen molar-refractivity contribution < 1.29 is 4.79 Å². The predicted octanol–water partition coefficient (Wildman–Crippen LogP) is 1.72. The summed E-state index contributed by atoms with van der Waals surface area (Å²) in [6.45, 7) is 0. The molecule has 0 atom stereocenters. The van der Waals surface area contributed by atoms with Crippen LogP contribution in [0.1, 0.15) is 16.2 Å². The standard InChI is InChI=1S/C14H11N5O/c20-14(10-4-3-7-15-8-10)19-16-9-13-17-11-5-1-2-6-12(11)18-13/h1-9H,(H,17,18)(H,19,20). The molecule has 2 N–H and O–H groups in total. The zero-order valence-corrected chi connectivity index (χ0v) is 10.4. The lowest BCUT2D eigenvalue weighted by atomic mass is 10.3. The molecule has 98 valence electrons. The van der Waals surface area contributed by atoms with Crippen LogP contribution in [0.15, 0.2) is 53.9 Å². The maximum absolute atomic E-state index is 11.7. The van der Waals surface area contributed by atoms with Gasteiger partial charge in [-0.3, -0.25) is 9.78 Å². The van der Waals surface area contributed by atoms with Crippen LogP contribution in [0.25, 0.3) is 11.0 Å². The Morgan fingerprint density at radius 2 is 2.15 bits per heavy atom. The summed E-state index contributed by atoms with van der Waals surface area (Å²) < 4.78 is 0. The molecule has 0 aliphatic rings. The van der Waals surface area contributed by atoms with Crippen LogP contribution < -0.4 is 5.43 Å². The van der Waals surface area contributed by atoms with Crippen LogP contribution in [0.2, 0.25) is 0 Å². The molecule has 0 spiro atoms. The van der Waals surface area contributed by atoms with Gasteiger partial charge in [0, 0.05) is 12.4 Å². The molecular formula is C14H11N5O. The first kappa shape index (κ1) is 12.0. The van der Waals surface area contributed by atoms with E-state index in [1.165, 1.54) is 12.4 Å². The monoisotopic (exact) mass is 265 g/mol. The third-order valence-electron chi connectivity index (χ3n) is 2.68. The van der Waals surface area contributed by atoms with Crippen LogP contribution >= 0.6 is 0 Å². The Kier molecular flexibility index (Phi) is 3.20. The van der Waals surface area contributed by atoms with E-state index in [-0.39, 0.29) is 5.91 Å². The number of carbonyl (C=O) groups excluding carboxylic acids is 1. The number of benzene rings is 1. The number of hydrazone groups is 1. The van der Waals surface area contributed by atoms with Gasteiger partial charge < -0.3 is 4.98 Å². The van der Waals surface area contributed by atoms with E-state index in [0.717, 1.165) is 11.0 Å². The number of fused-ring (bicyclic) bond motifs is 1. The summed E-state index contributed by atoms with van der Waals surface area (Å²) >= 11 is 0. The highest BCUT2D eigenvalue weighted by Gasteiger charge is 2.03. The fourth-order valence-electron chi connectivity index (χ4n) is 1.75. The minimum absolute atomic E-state index is 0.314. The largest absolute Gasteiger partial charge is 0.337 e. The molecule has 6 heteroatoms. The van der Waals surface area contributed by atoms with Gasteiger partial charge in [-0.2, -0.15) is 5.10 Å². The molecule has 2 heterocycles. The van der Waals surface area contributed by atoms with Gasteiger partial charge in [0.1, 0.15) is 0 Å². The number of hydrogen-bond donors (Lipinski definition) is 2. The number of aromatic amines is 1. The van der Waals surface area contributed by atoms with Crippen LogP contribution in [0.4, 0.5) is 0 Å². The number of imidazole rings is 1. The van der Waals surface area contributed by atoms with Crippen LogP contribution in [0, 0.1) is 0 Å². The van der Waals surface area contributed by atoms with Crippen molar-refractivity contribution >= 4 is 23.2 Å². The SMILES string of the molecule is O=C(NN=Cc1nc2ccccc2[nH]1)c1cccnc1. The fraction of sp³-hybridized carbons (Fsp3) is 0. The lowest BCUT2D eigenvalue weighted by Crippen LogP contribution is -2.17. The molecule has 3 rings (SSSR count). The zero-order valence-electron chi connectivity index (χ0n) is 10.4. The first-order valence-corrected chi connectivity index (χ1v) is 6.01.